The molecule has 3 heteroatoms. The van der Waals surface area contributed by atoms with Crippen molar-refractivity contribution in [2.24, 2.45) is 7.05 Å². The molecule has 2 aromatic rings. The quantitative estimate of drug-likeness (QED) is 0.642. The lowest BCUT2D eigenvalue weighted by atomic mass is 10.3. The summed E-state index contributed by atoms with van der Waals surface area (Å²) in [5.41, 5.74) is 2.02. The lowest BCUT2D eigenvalue weighted by Crippen LogP contribution is -1.92. The van der Waals surface area contributed by atoms with Gasteiger partial charge in [0.25, 0.3) is 0 Å². The molecule has 0 unspecified atom stereocenters. The molecule has 62 valence electrons. The maximum absolute atomic E-state index is 5.25. The Morgan fingerprint density at radius 3 is 2.83 bits per heavy atom. The predicted octanol–water partition coefficient (Wildman–Crippen LogP) is 1.99. The zero-order valence-electron chi connectivity index (χ0n) is 7.11. The van der Waals surface area contributed by atoms with Crippen molar-refractivity contribution in [3.8, 4) is 11.5 Å². The first kappa shape index (κ1) is 7.16. The summed E-state index contributed by atoms with van der Waals surface area (Å²) in [5.74, 6) is 0.859. The van der Waals surface area contributed by atoms with Gasteiger partial charge in [0.1, 0.15) is 5.69 Å². The molecule has 2 heterocycles. The molecule has 0 bridgehead atoms. The second-order valence-electron chi connectivity index (χ2n) is 2.77. The van der Waals surface area contributed by atoms with E-state index in [9.17, 15) is 0 Å². The van der Waals surface area contributed by atoms with Crippen LogP contribution >= 0.6 is 0 Å². The van der Waals surface area contributed by atoms with Crippen LogP contribution in [0.25, 0.3) is 11.5 Å². The van der Waals surface area contributed by atoms with Gasteiger partial charge in [-0.2, -0.15) is 5.10 Å². The van der Waals surface area contributed by atoms with Crippen molar-refractivity contribution in [1.82, 2.24) is 9.78 Å². The Hall–Kier alpha value is -1.51. The van der Waals surface area contributed by atoms with Crippen molar-refractivity contribution in [2.75, 3.05) is 0 Å². The molecule has 0 aromatic carbocycles. The van der Waals surface area contributed by atoms with E-state index in [4.69, 9.17) is 4.42 Å². The third-order valence-corrected chi connectivity index (χ3v) is 1.78. The van der Waals surface area contributed by atoms with Gasteiger partial charge in [-0.05, 0) is 25.1 Å². The number of furan rings is 1. The summed E-state index contributed by atoms with van der Waals surface area (Å²) in [6.07, 6.45) is 1.66. The van der Waals surface area contributed by atoms with Crippen LogP contribution in [0.15, 0.2) is 28.9 Å². The molecule has 12 heavy (non-hydrogen) atoms. The molecule has 0 atom stereocenters. The maximum Gasteiger partial charge on any atom is 0.151 e. The first-order valence-electron chi connectivity index (χ1n) is 3.82. The Kier molecular flexibility index (Phi) is 1.50. The zero-order chi connectivity index (χ0) is 8.55. The summed E-state index contributed by atoms with van der Waals surface area (Å²) in [4.78, 5) is 0. The van der Waals surface area contributed by atoms with E-state index in [0.717, 1.165) is 17.1 Å². The molecule has 0 saturated heterocycles. The Balaban J connectivity index is 2.54. The monoisotopic (exact) mass is 162 g/mol. The van der Waals surface area contributed by atoms with E-state index in [1.807, 2.05) is 36.9 Å². The van der Waals surface area contributed by atoms with E-state index in [-0.39, 0.29) is 0 Å². The topological polar surface area (TPSA) is 31.0 Å². The van der Waals surface area contributed by atoms with Gasteiger partial charge in [0.05, 0.1) is 12.0 Å². The first-order chi connectivity index (χ1) is 5.77. The third-order valence-electron chi connectivity index (χ3n) is 1.78. The average Bonchev–Trinajstić information content (AvgIpc) is 2.58. The largest absolute Gasteiger partial charge is 0.463 e. The summed E-state index contributed by atoms with van der Waals surface area (Å²) in [6, 6.07) is 5.80. The van der Waals surface area contributed by atoms with Gasteiger partial charge in [-0.25, -0.2) is 0 Å². The average molecular weight is 162 g/mol. The zero-order valence-corrected chi connectivity index (χ0v) is 7.11. The van der Waals surface area contributed by atoms with E-state index in [0.29, 0.717) is 0 Å². The van der Waals surface area contributed by atoms with E-state index >= 15 is 0 Å². The van der Waals surface area contributed by atoms with Crippen molar-refractivity contribution in [2.45, 2.75) is 6.92 Å². The van der Waals surface area contributed by atoms with Crippen LogP contribution < -0.4 is 0 Å². The normalized spacial score (nSPS) is 10.5. The van der Waals surface area contributed by atoms with Gasteiger partial charge >= 0.3 is 0 Å². The number of hydrogen-bond donors (Lipinski definition) is 0. The van der Waals surface area contributed by atoms with Crippen LogP contribution in [0, 0.1) is 6.92 Å². The second kappa shape index (κ2) is 2.52. The van der Waals surface area contributed by atoms with Crippen LogP contribution in [0.5, 0.6) is 0 Å². The third kappa shape index (κ3) is 1.03. The number of aromatic nitrogens is 2. The van der Waals surface area contributed by atoms with Crippen molar-refractivity contribution < 1.29 is 4.42 Å². The lowest BCUT2D eigenvalue weighted by Gasteiger charge is -1.94. The van der Waals surface area contributed by atoms with Crippen molar-refractivity contribution in [1.29, 1.82) is 0 Å². The fourth-order valence-corrected chi connectivity index (χ4v) is 1.27. The number of nitrogens with zero attached hydrogens (tertiary/aromatic N) is 2. The minimum atomic E-state index is 0.859. The fraction of sp³-hybridized carbons (Fsp3) is 0.222. The van der Waals surface area contributed by atoms with Crippen molar-refractivity contribution in [3.63, 3.8) is 0 Å². The molecule has 0 amide bonds. The fourth-order valence-electron chi connectivity index (χ4n) is 1.27. The highest BCUT2D eigenvalue weighted by atomic mass is 16.3. The highest BCUT2D eigenvalue weighted by Gasteiger charge is 2.06. The molecule has 0 N–H and O–H groups in total. The van der Waals surface area contributed by atoms with E-state index in [2.05, 4.69) is 5.10 Å². The lowest BCUT2D eigenvalue weighted by molar-refractivity contribution is 0.573. The Bertz CT molecular complexity index is 373. The minimum absolute atomic E-state index is 0.859. The molecule has 3 nitrogen and oxygen atoms in total. The standard InChI is InChI=1S/C9H10N2O/c1-7-6-8(11(2)10-7)9-4-3-5-12-9/h3-6H,1-2H3. The molecule has 0 radical (unpaired) electrons. The molecule has 0 aliphatic heterocycles. The van der Waals surface area contributed by atoms with Gasteiger partial charge in [0.15, 0.2) is 5.76 Å². The molecule has 0 aliphatic rings. The van der Waals surface area contributed by atoms with Crippen molar-refractivity contribution >= 4 is 0 Å². The smallest absolute Gasteiger partial charge is 0.151 e. The molecule has 0 fully saturated rings. The highest BCUT2D eigenvalue weighted by molar-refractivity contribution is 5.52. The maximum atomic E-state index is 5.25. The van der Waals surface area contributed by atoms with E-state index in [1.165, 1.54) is 0 Å². The molecule has 2 rings (SSSR count). The van der Waals surface area contributed by atoms with Gasteiger partial charge in [0, 0.05) is 7.05 Å². The molecule has 0 aliphatic carbocycles. The molecule has 0 spiro atoms. The molecular formula is C9H10N2O. The summed E-state index contributed by atoms with van der Waals surface area (Å²) < 4.78 is 7.07. The number of rotatable bonds is 1. The van der Waals surface area contributed by atoms with Crippen LogP contribution in [0.4, 0.5) is 0 Å². The van der Waals surface area contributed by atoms with E-state index < -0.39 is 0 Å². The Labute approximate surface area is 70.6 Å². The minimum Gasteiger partial charge on any atom is -0.463 e. The summed E-state index contributed by atoms with van der Waals surface area (Å²) >= 11 is 0. The van der Waals surface area contributed by atoms with Crippen LogP contribution in [0.2, 0.25) is 0 Å². The SMILES string of the molecule is Cc1cc(-c2ccco2)n(C)n1. The van der Waals surface area contributed by atoms with Crippen molar-refractivity contribution in [3.05, 3.63) is 30.2 Å². The van der Waals surface area contributed by atoms with Gasteiger partial charge in [-0.15, -0.1) is 0 Å². The van der Waals surface area contributed by atoms with Gasteiger partial charge in [0.2, 0.25) is 0 Å². The van der Waals surface area contributed by atoms with Crippen LogP contribution in [-0.2, 0) is 7.05 Å². The predicted molar refractivity (Wildman–Crippen MR) is 45.6 cm³/mol. The summed E-state index contributed by atoms with van der Waals surface area (Å²) in [5, 5.41) is 4.22. The summed E-state index contributed by atoms with van der Waals surface area (Å²) in [6.45, 7) is 1.96. The highest BCUT2D eigenvalue weighted by Crippen LogP contribution is 2.19. The molecule has 0 saturated carbocycles. The molecule has 2 aromatic heterocycles. The van der Waals surface area contributed by atoms with Crippen LogP contribution in [-0.4, -0.2) is 9.78 Å². The van der Waals surface area contributed by atoms with Gasteiger partial charge in [-0.1, -0.05) is 0 Å². The molecular weight excluding hydrogens is 152 g/mol. The number of aryl methyl sites for hydroxylation is 2. The Morgan fingerprint density at radius 2 is 2.33 bits per heavy atom. The Morgan fingerprint density at radius 1 is 1.50 bits per heavy atom. The van der Waals surface area contributed by atoms with Crippen LogP contribution in [0.1, 0.15) is 5.69 Å². The van der Waals surface area contributed by atoms with E-state index in [1.54, 1.807) is 6.26 Å². The summed E-state index contributed by atoms with van der Waals surface area (Å²) in [7, 11) is 1.91. The van der Waals surface area contributed by atoms with Gasteiger partial charge < -0.3 is 4.42 Å². The number of hydrogen-bond acceptors (Lipinski definition) is 2. The van der Waals surface area contributed by atoms with Crippen LogP contribution in [0.3, 0.4) is 0 Å². The second-order valence-corrected chi connectivity index (χ2v) is 2.77. The first-order valence-corrected chi connectivity index (χ1v) is 3.82. The van der Waals surface area contributed by atoms with Gasteiger partial charge in [-0.3, -0.25) is 4.68 Å².